The van der Waals surface area contributed by atoms with Crippen LogP contribution in [0, 0.1) is 5.82 Å². The quantitative estimate of drug-likeness (QED) is 0.885. The van der Waals surface area contributed by atoms with Crippen LogP contribution in [-0.4, -0.2) is 69.3 Å². The van der Waals surface area contributed by atoms with Gasteiger partial charge in [0.1, 0.15) is 5.82 Å². The predicted molar refractivity (Wildman–Crippen MR) is 87.6 cm³/mol. The first-order valence-corrected chi connectivity index (χ1v) is 8.28. The molecule has 1 aromatic rings. The van der Waals surface area contributed by atoms with Crippen LogP contribution >= 0.6 is 0 Å². The molecule has 2 aliphatic rings. The summed E-state index contributed by atoms with van der Waals surface area (Å²) in [7, 11) is 3.10. The van der Waals surface area contributed by atoms with Gasteiger partial charge in [0.15, 0.2) is 11.5 Å². The van der Waals surface area contributed by atoms with E-state index in [2.05, 4.69) is 15.1 Å². The Hall–Kier alpha value is -1.37. The average molecular weight is 323 g/mol. The highest BCUT2D eigenvalue weighted by atomic mass is 19.1. The molecule has 2 aliphatic heterocycles. The van der Waals surface area contributed by atoms with Gasteiger partial charge >= 0.3 is 0 Å². The molecule has 3 rings (SSSR count). The first kappa shape index (κ1) is 16.5. The SMILES string of the molecule is COc1cc(F)c(CN2CCN([C@H]3CCNC3)CC2)cc1OC. The van der Waals surface area contributed by atoms with Crippen molar-refractivity contribution in [2.45, 2.75) is 19.0 Å². The number of methoxy groups -OCH3 is 2. The van der Waals surface area contributed by atoms with Crippen LogP contribution in [-0.2, 0) is 6.54 Å². The van der Waals surface area contributed by atoms with Gasteiger partial charge in [0.25, 0.3) is 0 Å². The van der Waals surface area contributed by atoms with Crippen molar-refractivity contribution < 1.29 is 13.9 Å². The third kappa shape index (κ3) is 3.76. The zero-order chi connectivity index (χ0) is 16.2. The van der Waals surface area contributed by atoms with E-state index in [1.807, 2.05) is 0 Å². The van der Waals surface area contributed by atoms with Crippen molar-refractivity contribution in [1.29, 1.82) is 0 Å². The monoisotopic (exact) mass is 323 g/mol. The molecule has 0 amide bonds. The fraction of sp³-hybridized carbons (Fsp3) is 0.647. The van der Waals surface area contributed by atoms with Crippen molar-refractivity contribution in [3.05, 3.63) is 23.5 Å². The number of rotatable bonds is 5. The van der Waals surface area contributed by atoms with E-state index < -0.39 is 0 Å². The lowest BCUT2D eigenvalue weighted by Crippen LogP contribution is -2.50. The Kier molecular flexibility index (Phi) is 5.35. The second-order valence-electron chi connectivity index (χ2n) is 6.26. The minimum Gasteiger partial charge on any atom is -0.493 e. The van der Waals surface area contributed by atoms with Crippen molar-refractivity contribution in [1.82, 2.24) is 15.1 Å². The third-order valence-electron chi connectivity index (χ3n) is 4.90. The number of nitrogens with zero attached hydrogens (tertiary/aromatic N) is 2. The number of piperazine rings is 1. The summed E-state index contributed by atoms with van der Waals surface area (Å²) in [5, 5.41) is 3.42. The summed E-state index contributed by atoms with van der Waals surface area (Å²) in [6.45, 7) is 6.91. The number of hydrogen-bond donors (Lipinski definition) is 1. The molecule has 1 aromatic carbocycles. The van der Waals surface area contributed by atoms with E-state index in [0.29, 0.717) is 29.6 Å². The summed E-state index contributed by atoms with van der Waals surface area (Å²) in [4.78, 5) is 4.87. The predicted octanol–water partition coefficient (Wildman–Crippen LogP) is 1.32. The van der Waals surface area contributed by atoms with Gasteiger partial charge in [-0.3, -0.25) is 9.80 Å². The molecule has 0 spiro atoms. The van der Waals surface area contributed by atoms with Gasteiger partial charge in [-0.2, -0.15) is 0 Å². The van der Waals surface area contributed by atoms with Gasteiger partial charge in [-0.15, -0.1) is 0 Å². The summed E-state index contributed by atoms with van der Waals surface area (Å²) in [5.74, 6) is 0.789. The van der Waals surface area contributed by atoms with Crippen LogP contribution in [0.2, 0.25) is 0 Å². The van der Waals surface area contributed by atoms with Gasteiger partial charge < -0.3 is 14.8 Å². The Bertz CT molecular complexity index is 527. The molecule has 0 bridgehead atoms. The molecular weight excluding hydrogens is 297 g/mol. The van der Waals surface area contributed by atoms with Crippen LogP contribution in [0.4, 0.5) is 4.39 Å². The van der Waals surface area contributed by atoms with E-state index in [-0.39, 0.29) is 5.82 Å². The maximum absolute atomic E-state index is 14.2. The number of nitrogens with one attached hydrogen (secondary N) is 1. The van der Waals surface area contributed by atoms with Gasteiger partial charge in [-0.05, 0) is 19.0 Å². The zero-order valence-electron chi connectivity index (χ0n) is 14.0. The topological polar surface area (TPSA) is 37.0 Å². The fourth-order valence-electron chi connectivity index (χ4n) is 3.50. The van der Waals surface area contributed by atoms with Gasteiger partial charge in [-0.25, -0.2) is 4.39 Å². The van der Waals surface area contributed by atoms with Crippen LogP contribution < -0.4 is 14.8 Å². The summed E-state index contributed by atoms with van der Waals surface area (Å²) in [6.07, 6.45) is 1.24. The molecule has 23 heavy (non-hydrogen) atoms. The second-order valence-corrected chi connectivity index (χ2v) is 6.26. The third-order valence-corrected chi connectivity index (χ3v) is 4.90. The summed E-state index contributed by atoms with van der Waals surface area (Å²) in [6, 6.07) is 3.84. The Labute approximate surface area is 137 Å². The standard InChI is InChI=1S/C17H26FN3O2/c1-22-16-9-13(15(18)10-17(16)23-2)12-20-5-7-21(8-6-20)14-3-4-19-11-14/h9-10,14,19H,3-8,11-12H2,1-2H3/t14-/m0/s1. The largest absolute Gasteiger partial charge is 0.493 e. The first-order valence-electron chi connectivity index (χ1n) is 8.28. The van der Waals surface area contributed by atoms with Crippen molar-refractivity contribution in [3.63, 3.8) is 0 Å². The van der Waals surface area contributed by atoms with Crippen LogP contribution in [0.25, 0.3) is 0 Å². The average Bonchev–Trinajstić information content (AvgIpc) is 3.11. The Morgan fingerprint density at radius 3 is 2.43 bits per heavy atom. The van der Waals surface area contributed by atoms with Crippen LogP contribution in [0.1, 0.15) is 12.0 Å². The zero-order valence-corrected chi connectivity index (χ0v) is 14.0. The van der Waals surface area contributed by atoms with E-state index in [1.165, 1.54) is 19.6 Å². The Balaban J connectivity index is 1.60. The molecule has 1 atom stereocenters. The molecule has 0 aliphatic carbocycles. The van der Waals surface area contributed by atoms with Crippen LogP contribution in [0.15, 0.2) is 12.1 Å². The molecule has 0 aromatic heterocycles. The lowest BCUT2D eigenvalue weighted by molar-refractivity contribution is 0.0973. The van der Waals surface area contributed by atoms with Crippen molar-refractivity contribution in [3.8, 4) is 11.5 Å². The highest BCUT2D eigenvalue weighted by Gasteiger charge is 2.26. The number of hydrogen-bond acceptors (Lipinski definition) is 5. The van der Waals surface area contributed by atoms with E-state index in [9.17, 15) is 4.39 Å². The summed E-state index contributed by atoms with van der Waals surface area (Å²) in [5.41, 5.74) is 0.665. The maximum Gasteiger partial charge on any atom is 0.163 e. The molecule has 1 N–H and O–H groups in total. The molecule has 2 heterocycles. The van der Waals surface area contributed by atoms with E-state index in [0.717, 1.165) is 39.3 Å². The highest BCUT2D eigenvalue weighted by molar-refractivity contribution is 5.43. The molecule has 2 saturated heterocycles. The number of benzene rings is 1. The lowest BCUT2D eigenvalue weighted by Gasteiger charge is -2.37. The van der Waals surface area contributed by atoms with Gasteiger partial charge in [-0.1, -0.05) is 0 Å². The number of halogens is 1. The van der Waals surface area contributed by atoms with Crippen LogP contribution in [0.5, 0.6) is 11.5 Å². The molecular formula is C17H26FN3O2. The van der Waals surface area contributed by atoms with Gasteiger partial charge in [0.05, 0.1) is 14.2 Å². The van der Waals surface area contributed by atoms with Gasteiger partial charge in [0, 0.05) is 56.9 Å². The van der Waals surface area contributed by atoms with Gasteiger partial charge in [0.2, 0.25) is 0 Å². The smallest absolute Gasteiger partial charge is 0.163 e. The summed E-state index contributed by atoms with van der Waals surface area (Å²) >= 11 is 0. The molecule has 128 valence electrons. The molecule has 0 saturated carbocycles. The molecule has 0 unspecified atom stereocenters. The van der Waals surface area contributed by atoms with E-state index in [1.54, 1.807) is 13.2 Å². The lowest BCUT2D eigenvalue weighted by atomic mass is 10.1. The minimum atomic E-state index is -0.231. The van der Waals surface area contributed by atoms with Crippen molar-refractivity contribution >= 4 is 0 Å². The number of ether oxygens (including phenoxy) is 2. The summed E-state index contributed by atoms with van der Waals surface area (Å²) < 4.78 is 24.7. The minimum absolute atomic E-state index is 0.231. The molecule has 5 nitrogen and oxygen atoms in total. The van der Waals surface area contributed by atoms with Crippen molar-refractivity contribution in [2.24, 2.45) is 0 Å². The van der Waals surface area contributed by atoms with E-state index in [4.69, 9.17) is 9.47 Å². The first-order chi connectivity index (χ1) is 11.2. The molecule has 0 radical (unpaired) electrons. The highest BCUT2D eigenvalue weighted by Crippen LogP contribution is 2.30. The fourth-order valence-corrected chi connectivity index (χ4v) is 3.50. The molecule has 6 heteroatoms. The Morgan fingerprint density at radius 2 is 1.83 bits per heavy atom. The Morgan fingerprint density at radius 1 is 1.13 bits per heavy atom. The van der Waals surface area contributed by atoms with Crippen molar-refractivity contribution in [2.75, 3.05) is 53.5 Å². The normalized spacial score (nSPS) is 23.2. The second kappa shape index (κ2) is 7.47. The molecule has 2 fully saturated rings. The van der Waals surface area contributed by atoms with E-state index >= 15 is 0 Å². The van der Waals surface area contributed by atoms with Crippen LogP contribution in [0.3, 0.4) is 0 Å². The maximum atomic E-state index is 14.2.